The molecule has 1 saturated heterocycles. The van der Waals surface area contributed by atoms with Crippen LogP contribution < -0.4 is 4.90 Å². The third-order valence-electron chi connectivity index (χ3n) is 3.40. The standard InChI is InChI=1S/C13H16N2O2/c16-13(14-7-9-17-10-8-14)15-6-5-11-3-1-2-4-12(11)15/h1-4H,5-10H2. The number of carbonyl (C=O) groups excluding carboxylic acids is 1. The number of hydrogen-bond acceptors (Lipinski definition) is 2. The van der Waals surface area contributed by atoms with Crippen LogP contribution in [0.25, 0.3) is 0 Å². The van der Waals surface area contributed by atoms with Crippen molar-refractivity contribution in [3.05, 3.63) is 29.8 Å². The zero-order chi connectivity index (χ0) is 11.7. The van der Waals surface area contributed by atoms with Crippen molar-refractivity contribution in [2.24, 2.45) is 0 Å². The highest BCUT2D eigenvalue weighted by Gasteiger charge is 2.28. The van der Waals surface area contributed by atoms with Crippen molar-refractivity contribution >= 4 is 11.7 Å². The number of rotatable bonds is 0. The molecule has 0 aliphatic carbocycles. The van der Waals surface area contributed by atoms with Crippen LogP contribution in [0.3, 0.4) is 0 Å². The number of carbonyl (C=O) groups is 1. The van der Waals surface area contributed by atoms with Gasteiger partial charge in [0.15, 0.2) is 0 Å². The predicted octanol–water partition coefficient (Wildman–Crippen LogP) is 1.50. The van der Waals surface area contributed by atoms with Gasteiger partial charge in [-0.15, -0.1) is 0 Å². The van der Waals surface area contributed by atoms with Gasteiger partial charge in [0.2, 0.25) is 0 Å². The first-order valence-corrected chi connectivity index (χ1v) is 6.08. The maximum Gasteiger partial charge on any atom is 0.324 e. The molecular formula is C13H16N2O2. The molecule has 1 aromatic carbocycles. The van der Waals surface area contributed by atoms with E-state index in [-0.39, 0.29) is 6.03 Å². The van der Waals surface area contributed by atoms with Gasteiger partial charge in [-0.2, -0.15) is 0 Å². The molecule has 2 amide bonds. The quantitative estimate of drug-likeness (QED) is 0.679. The van der Waals surface area contributed by atoms with Gasteiger partial charge in [0.25, 0.3) is 0 Å². The summed E-state index contributed by atoms with van der Waals surface area (Å²) in [7, 11) is 0. The van der Waals surface area contributed by atoms with Crippen molar-refractivity contribution < 1.29 is 9.53 Å². The number of ether oxygens (including phenoxy) is 1. The van der Waals surface area contributed by atoms with E-state index < -0.39 is 0 Å². The second-order valence-corrected chi connectivity index (χ2v) is 4.41. The maximum absolute atomic E-state index is 12.4. The number of amides is 2. The minimum atomic E-state index is 0.123. The highest BCUT2D eigenvalue weighted by molar-refractivity contribution is 5.94. The number of hydrogen-bond donors (Lipinski definition) is 0. The summed E-state index contributed by atoms with van der Waals surface area (Å²) in [5, 5.41) is 0. The molecular weight excluding hydrogens is 216 g/mol. The minimum absolute atomic E-state index is 0.123. The summed E-state index contributed by atoms with van der Waals surface area (Å²) < 4.78 is 5.27. The third kappa shape index (κ3) is 1.89. The van der Waals surface area contributed by atoms with E-state index in [4.69, 9.17) is 4.74 Å². The Morgan fingerprint density at radius 2 is 1.88 bits per heavy atom. The molecule has 0 unspecified atom stereocenters. The lowest BCUT2D eigenvalue weighted by Crippen LogP contribution is -2.47. The highest BCUT2D eigenvalue weighted by Crippen LogP contribution is 2.28. The smallest absolute Gasteiger partial charge is 0.324 e. The number of benzene rings is 1. The number of morpholine rings is 1. The first-order chi connectivity index (χ1) is 8.36. The van der Waals surface area contributed by atoms with Gasteiger partial charge in [0.05, 0.1) is 13.2 Å². The lowest BCUT2D eigenvalue weighted by molar-refractivity contribution is 0.0550. The number of nitrogens with zero attached hydrogens (tertiary/aromatic N) is 2. The van der Waals surface area contributed by atoms with Gasteiger partial charge in [0, 0.05) is 25.3 Å². The molecule has 0 radical (unpaired) electrons. The van der Waals surface area contributed by atoms with E-state index >= 15 is 0 Å². The zero-order valence-electron chi connectivity index (χ0n) is 9.76. The van der Waals surface area contributed by atoms with Crippen LogP contribution in [0, 0.1) is 0 Å². The summed E-state index contributed by atoms with van der Waals surface area (Å²) in [5.74, 6) is 0. The lowest BCUT2D eigenvalue weighted by Gasteiger charge is -2.31. The van der Waals surface area contributed by atoms with E-state index in [0.29, 0.717) is 26.3 Å². The molecule has 0 atom stereocenters. The Bertz CT molecular complexity index is 427. The number of para-hydroxylation sites is 1. The first kappa shape index (κ1) is 10.6. The van der Waals surface area contributed by atoms with Crippen LogP contribution in [0.15, 0.2) is 24.3 Å². The van der Waals surface area contributed by atoms with Gasteiger partial charge in [-0.1, -0.05) is 18.2 Å². The molecule has 3 rings (SSSR count). The van der Waals surface area contributed by atoms with Crippen molar-refractivity contribution in [2.45, 2.75) is 6.42 Å². The Morgan fingerprint density at radius 3 is 2.71 bits per heavy atom. The molecule has 2 aliphatic heterocycles. The van der Waals surface area contributed by atoms with E-state index in [0.717, 1.165) is 18.7 Å². The summed E-state index contributed by atoms with van der Waals surface area (Å²) in [6.07, 6.45) is 0.965. The number of anilines is 1. The number of fused-ring (bicyclic) bond motifs is 1. The first-order valence-electron chi connectivity index (χ1n) is 6.08. The van der Waals surface area contributed by atoms with Gasteiger partial charge in [-0.3, -0.25) is 4.90 Å². The van der Waals surface area contributed by atoms with E-state index in [1.807, 2.05) is 28.0 Å². The summed E-state index contributed by atoms with van der Waals surface area (Å²) in [6, 6.07) is 8.27. The Balaban J connectivity index is 1.79. The average molecular weight is 232 g/mol. The van der Waals surface area contributed by atoms with Crippen molar-refractivity contribution in [2.75, 3.05) is 37.7 Å². The van der Waals surface area contributed by atoms with Crippen LogP contribution in [0.1, 0.15) is 5.56 Å². The summed E-state index contributed by atoms with van der Waals surface area (Å²) in [5.41, 5.74) is 2.35. The summed E-state index contributed by atoms with van der Waals surface area (Å²) in [6.45, 7) is 3.52. The molecule has 90 valence electrons. The van der Waals surface area contributed by atoms with Crippen molar-refractivity contribution in [1.82, 2.24) is 4.90 Å². The van der Waals surface area contributed by atoms with Crippen molar-refractivity contribution in [3.8, 4) is 0 Å². The van der Waals surface area contributed by atoms with Crippen LogP contribution in [-0.2, 0) is 11.2 Å². The van der Waals surface area contributed by atoms with Gasteiger partial charge in [-0.05, 0) is 18.1 Å². The van der Waals surface area contributed by atoms with E-state index in [9.17, 15) is 4.79 Å². The zero-order valence-corrected chi connectivity index (χ0v) is 9.76. The molecule has 1 fully saturated rings. The topological polar surface area (TPSA) is 32.8 Å². The van der Waals surface area contributed by atoms with Gasteiger partial charge >= 0.3 is 6.03 Å². The van der Waals surface area contributed by atoms with Crippen LogP contribution in [-0.4, -0.2) is 43.8 Å². The SMILES string of the molecule is O=C(N1CCOCC1)N1CCc2ccccc21. The molecule has 1 aromatic rings. The molecule has 0 spiro atoms. The Morgan fingerprint density at radius 1 is 1.12 bits per heavy atom. The third-order valence-corrected chi connectivity index (χ3v) is 3.40. The fourth-order valence-corrected chi connectivity index (χ4v) is 2.46. The van der Waals surface area contributed by atoms with Gasteiger partial charge in [0.1, 0.15) is 0 Å². The molecule has 0 saturated carbocycles. The minimum Gasteiger partial charge on any atom is -0.378 e. The highest BCUT2D eigenvalue weighted by atomic mass is 16.5. The Labute approximate surface area is 101 Å². The molecule has 4 nitrogen and oxygen atoms in total. The van der Waals surface area contributed by atoms with Crippen molar-refractivity contribution in [1.29, 1.82) is 0 Å². The lowest BCUT2D eigenvalue weighted by atomic mass is 10.2. The van der Waals surface area contributed by atoms with E-state index in [1.165, 1.54) is 5.56 Å². The van der Waals surface area contributed by atoms with Crippen LogP contribution in [0.2, 0.25) is 0 Å². The second kappa shape index (κ2) is 4.37. The average Bonchev–Trinajstić information content (AvgIpc) is 2.83. The van der Waals surface area contributed by atoms with Gasteiger partial charge < -0.3 is 9.64 Å². The number of urea groups is 1. The predicted molar refractivity (Wildman–Crippen MR) is 65.3 cm³/mol. The van der Waals surface area contributed by atoms with Crippen LogP contribution in [0.5, 0.6) is 0 Å². The molecule has 2 heterocycles. The van der Waals surface area contributed by atoms with E-state index in [1.54, 1.807) is 0 Å². The van der Waals surface area contributed by atoms with E-state index in [2.05, 4.69) is 6.07 Å². The van der Waals surface area contributed by atoms with Gasteiger partial charge in [-0.25, -0.2) is 4.79 Å². The summed E-state index contributed by atoms with van der Waals surface area (Å²) >= 11 is 0. The normalized spacial score (nSPS) is 19.3. The second-order valence-electron chi connectivity index (χ2n) is 4.41. The summed E-state index contributed by atoms with van der Waals surface area (Å²) in [4.78, 5) is 16.1. The largest absolute Gasteiger partial charge is 0.378 e. The monoisotopic (exact) mass is 232 g/mol. The Kier molecular flexibility index (Phi) is 2.73. The molecule has 0 aromatic heterocycles. The Hall–Kier alpha value is -1.55. The molecule has 0 bridgehead atoms. The molecule has 2 aliphatic rings. The van der Waals surface area contributed by atoms with Crippen molar-refractivity contribution in [3.63, 3.8) is 0 Å². The fourth-order valence-electron chi connectivity index (χ4n) is 2.46. The fraction of sp³-hybridized carbons (Fsp3) is 0.462. The van der Waals surface area contributed by atoms with Crippen LogP contribution >= 0.6 is 0 Å². The molecule has 0 N–H and O–H groups in total. The molecule has 17 heavy (non-hydrogen) atoms. The maximum atomic E-state index is 12.4. The molecule has 4 heteroatoms. The van der Waals surface area contributed by atoms with Crippen LogP contribution in [0.4, 0.5) is 10.5 Å².